The zero-order valence-electron chi connectivity index (χ0n) is 16.4. The van der Waals surface area contributed by atoms with E-state index in [-0.39, 0.29) is 18.1 Å². The molecular weight excluding hydrogens is 334 g/mol. The van der Waals surface area contributed by atoms with Gasteiger partial charge in [0.25, 0.3) is 0 Å². The Morgan fingerprint density at radius 2 is 1.52 bits per heavy atom. The minimum Gasteiger partial charge on any atom is -0.469 e. The van der Waals surface area contributed by atoms with Gasteiger partial charge in [0.05, 0.1) is 12.5 Å². The van der Waals surface area contributed by atoms with Crippen LogP contribution in [0.1, 0.15) is 44.0 Å². The lowest BCUT2D eigenvalue weighted by atomic mass is 9.79. The van der Waals surface area contributed by atoms with Gasteiger partial charge in [-0.05, 0) is 48.7 Å². The van der Waals surface area contributed by atoms with Gasteiger partial charge in [-0.15, -0.1) is 0 Å². The van der Waals surface area contributed by atoms with E-state index < -0.39 is 5.41 Å². The molecule has 0 aliphatic carbocycles. The van der Waals surface area contributed by atoms with Gasteiger partial charge in [0.2, 0.25) is 0 Å². The Hall–Kier alpha value is -2.65. The summed E-state index contributed by atoms with van der Waals surface area (Å²) in [6, 6.07) is 24.8. The maximum absolute atomic E-state index is 12.5. The van der Waals surface area contributed by atoms with E-state index in [0.29, 0.717) is 0 Å². The van der Waals surface area contributed by atoms with E-state index in [1.54, 1.807) is 0 Å². The van der Waals surface area contributed by atoms with Gasteiger partial charge < -0.3 is 10.1 Å². The second kappa shape index (κ2) is 7.93. The molecule has 0 amide bonds. The number of rotatable bonds is 6. The van der Waals surface area contributed by atoms with Gasteiger partial charge in [-0.1, -0.05) is 66.7 Å². The Labute approximate surface area is 161 Å². The van der Waals surface area contributed by atoms with Crippen molar-refractivity contribution in [1.29, 1.82) is 0 Å². The van der Waals surface area contributed by atoms with E-state index in [2.05, 4.69) is 60.8 Å². The molecule has 0 fully saturated rings. The summed E-state index contributed by atoms with van der Waals surface area (Å²) < 4.78 is 5.08. The molecule has 3 aromatic rings. The van der Waals surface area contributed by atoms with Crippen LogP contribution in [0, 0.1) is 5.41 Å². The molecule has 3 aromatic carbocycles. The SMILES string of the molecule is COC(=O)C(C)(C)[C@@H](N[C@H](C)c1ccc2ccccc2c1)c1ccccc1. The van der Waals surface area contributed by atoms with Crippen molar-refractivity contribution in [3.8, 4) is 0 Å². The third-order valence-electron chi connectivity index (χ3n) is 5.26. The smallest absolute Gasteiger partial charge is 0.313 e. The number of benzene rings is 3. The highest BCUT2D eigenvalue weighted by Gasteiger charge is 2.39. The molecule has 0 bridgehead atoms. The maximum atomic E-state index is 12.5. The lowest BCUT2D eigenvalue weighted by Gasteiger charge is -2.35. The van der Waals surface area contributed by atoms with E-state index in [4.69, 9.17) is 4.74 Å². The van der Waals surface area contributed by atoms with Crippen LogP contribution in [-0.2, 0) is 9.53 Å². The van der Waals surface area contributed by atoms with Gasteiger partial charge in [0.1, 0.15) is 0 Å². The fourth-order valence-electron chi connectivity index (χ4n) is 3.57. The average molecular weight is 361 g/mol. The van der Waals surface area contributed by atoms with Crippen molar-refractivity contribution in [2.75, 3.05) is 7.11 Å². The van der Waals surface area contributed by atoms with Crippen LogP contribution in [0.5, 0.6) is 0 Å². The van der Waals surface area contributed by atoms with Crippen LogP contribution in [0.25, 0.3) is 10.8 Å². The molecule has 0 spiro atoms. The quantitative estimate of drug-likeness (QED) is 0.595. The van der Waals surface area contributed by atoms with Gasteiger partial charge in [-0.2, -0.15) is 0 Å². The summed E-state index contributed by atoms with van der Waals surface area (Å²) in [4.78, 5) is 12.5. The first-order valence-corrected chi connectivity index (χ1v) is 9.31. The minimum absolute atomic E-state index is 0.0729. The molecule has 0 saturated heterocycles. The molecule has 140 valence electrons. The number of carbonyl (C=O) groups is 1. The monoisotopic (exact) mass is 361 g/mol. The van der Waals surface area contributed by atoms with Crippen LogP contribution < -0.4 is 5.32 Å². The van der Waals surface area contributed by atoms with Crippen LogP contribution in [-0.4, -0.2) is 13.1 Å². The highest BCUT2D eigenvalue weighted by Crippen LogP contribution is 2.36. The summed E-state index contributed by atoms with van der Waals surface area (Å²) in [6.45, 7) is 5.99. The highest BCUT2D eigenvalue weighted by molar-refractivity contribution is 5.83. The third-order valence-corrected chi connectivity index (χ3v) is 5.26. The fraction of sp³-hybridized carbons (Fsp3) is 0.292. The second-order valence-electron chi connectivity index (χ2n) is 7.55. The number of carbonyl (C=O) groups excluding carboxylic acids is 1. The Kier molecular flexibility index (Phi) is 5.62. The molecule has 0 heterocycles. The fourth-order valence-corrected chi connectivity index (χ4v) is 3.57. The van der Waals surface area contributed by atoms with Gasteiger partial charge in [0, 0.05) is 12.1 Å². The first kappa shape index (κ1) is 19.1. The molecule has 0 saturated carbocycles. The molecule has 1 N–H and O–H groups in total. The first-order valence-electron chi connectivity index (χ1n) is 9.31. The summed E-state index contributed by atoms with van der Waals surface area (Å²) in [5.41, 5.74) is 1.55. The molecule has 3 rings (SSSR count). The van der Waals surface area contributed by atoms with Crippen molar-refractivity contribution in [2.24, 2.45) is 5.41 Å². The molecule has 0 aliphatic rings. The zero-order chi connectivity index (χ0) is 19.4. The topological polar surface area (TPSA) is 38.3 Å². The largest absolute Gasteiger partial charge is 0.469 e. The molecule has 0 unspecified atom stereocenters. The number of esters is 1. The van der Waals surface area contributed by atoms with Crippen LogP contribution in [0.15, 0.2) is 72.8 Å². The molecule has 3 nitrogen and oxygen atoms in total. The second-order valence-corrected chi connectivity index (χ2v) is 7.55. The zero-order valence-corrected chi connectivity index (χ0v) is 16.4. The van der Waals surface area contributed by atoms with Crippen LogP contribution in [0.2, 0.25) is 0 Å². The van der Waals surface area contributed by atoms with E-state index in [9.17, 15) is 4.79 Å². The van der Waals surface area contributed by atoms with Crippen molar-refractivity contribution in [3.05, 3.63) is 83.9 Å². The lowest BCUT2D eigenvalue weighted by molar-refractivity contribution is -0.152. The van der Waals surface area contributed by atoms with E-state index in [0.717, 1.165) is 5.56 Å². The summed E-state index contributed by atoms with van der Waals surface area (Å²) in [5, 5.41) is 6.11. The molecule has 2 atom stereocenters. The van der Waals surface area contributed by atoms with Crippen molar-refractivity contribution in [3.63, 3.8) is 0 Å². The number of fused-ring (bicyclic) bond motifs is 1. The predicted octanol–water partition coefficient (Wildman–Crippen LogP) is 5.43. The molecule has 0 aliphatic heterocycles. The Morgan fingerprint density at radius 1 is 0.889 bits per heavy atom. The number of hydrogen-bond donors (Lipinski definition) is 1. The van der Waals surface area contributed by atoms with Crippen LogP contribution in [0.4, 0.5) is 0 Å². The maximum Gasteiger partial charge on any atom is 0.313 e. The number of ether oxygens (including phenoxy) is 1. The van der Waals surface area contributed by atoms with Gasteiger partial charge in [-0.3, -0.25) is 4.79 Å². The minimum atomic E-state index is -0.707. The number of methoxy groups -OCH3 is 1. The van der Waals surface area contributed by atoms with Crippen molar-refractivity contribution < 1.29 is 9.53 Å². The highest BCUT2D eigenvalue weighted by atomic mass is 16.5. The van der Waals surface area contributed by atoms with E-state index in [1.807, 2.05) is 38.1 Å². The van der Waals surface area contributed by atoms with E-state index in [1.165, 1.54) is 23.4 Å². The Balaban J connectivity index is 1.94. The molecular formula is C24H27NO2. The van der Waals surface area contributed by atoms with Gasteiger partial charge >= 0.3 is 5.97 Å². The molecule has 27 heavy (non-hydrogen) atoms. The van der Waals surface area contributed by atoms with Crippen molar-refractivity contribution in [1.82, 2.24) is 5.32 Å². The van der Waals surface area contributed by atoms with Crippen molar-refractivity contribution >= 4 is 16.7 Å². The standard InChI is InChI=1S/C24H27NO2/c1-17(20-15-14-18-10-8-9-13-21(18)16-20)25-22(19-11-6-5-7-12-19)24(2,3)23(26)27-4/h5-17,22,25H,1-4H3/t17-,22+/m1/s1. The summed E-state index contributed by atoms with van der Waals surface area (Å²) in [6.07, 6.45) is 0. The number of nitrogens with one attached hydrogen (secondary N) is 1. The Morgan fingerprint density at radius 3 is 2.19 bits per heavy atom. The lowest BCUT2D eigenvalue weighted by Crippen LogP contribution is -2.41. The summed E-state index contributed by atoms with van der Waals surface area (Å²) >= 11 is 0. The summed E-state index contributed by atoms with van der Waals surface area (Å²) in [5.74, 6) is -0.227. The number of hydrogen-bond acceptors (Lipinski definition) is 3. The molecule has 0 radical (unpaired) electrons. The van der Waals surface area contributed by atoms with Crippen molar-refractivity contribution in [2.45, 2.75) is 32.9 Å². The predicted molar refractivity (Wildman–Crippen MR) is 110 cm³/mol. The first-order chi connectivity index (χ1) is 12.9. The van der Waals surface area contributed by atoms with Gasteiger partial charge in [0.15, 0.2) is 0 Å². The third kappa shape index (κ3) is 4.04. The molecule has 0 aromatic heterocycles. The van der Waals surface area contributed by atoms with Crippen LogP contribution in [0.3, 0.4) is 0 Å². The average Bonchev–Trinajstić information content (AvgIpc) is 2.71. The molecule has 3 heteroatoms. The summed E-state index contributed by atoms with van der Waals surface area (Å²) in [7, 11) is 1.44. The van der Waals surface area contributed by atoms with Crippen LogP contribution >= 0.6 is 0 Å². The van der Waals surface area contributed by atoms with Gasteiger partial charge in [-0.25, -0.2) is 0 Å². The Bertz CT molecular complexity index is 918. The van der Waals surface area contributed by atoms with E-state index >= 15 is 0 Å². The normalized spacial score (nSPS) is 13.9.